The lowest BCUT2D eigenvalue weighted by Crippen LogP contribution is -2.35. The number of ether oxygens (including phenoxy) is 1. The van der Waals surface area contributed by atoms with Crippen molar-refractivity contribution >= 4 is 9.84 Å². The van der Waals surface area contributed by atoms with Crippen LogP contribution in [0.1, 0.15) is 23.4 Å². The molecule has 2 aromatic rings. The first kappa shape index (κ1) is 17.0. The minimum absolute atomic E-state index is 0.00843. The van der Waals surface area contributed by atoms with Crippen LogP contribution >= 0.6 is 0 Å². The molecule has 2 heterocycles. The highest BCUT2D eigenvalue weighted by Gasteiger charge is 2.32. The molecule has 7 heteroatoms. The van der Waals surface area contributed by atoms with Gasteiger partial charge in [0.15, 0.2) is 9.84 Å². The third kappa shape index (κ3) is 4.15. The Morgan fingerprint density at radius 2 is 2.04 bits per heavy atom. The van der Waals surface area contributed by atoms with Crippen molar-refractivity contribution in [1.29, 1.82) is 0 Å². The fraction of sp³-hybridized carbons (Fsp3) is 0.471. The van der Waals surface area contributed by atoms with Crippen LogP contribution in [0.5, 0.6) is 5.75 Å². The van der Waals surface area contributed by atoms with Crippen LogP contribution in [0.25, 0.3) is 0 Å². The molecule has 130 valence electrons. The molecule has 0 spiro atoms. The fourth-order valence-electron chi connectivity index (χ4n) is 3.04. The van der Waals surface area contributed by atoms with E-state index in [9.17, 15) is 8.42 Å². The molecule has 0 unspecified atom stereocenters. The molecule has 3 rings (SSSR count). The second-order valence-corrected chi connectivity index (χ2v) is 8.47. The number of rotatable bonds is 6. The van der Waals surface area contributed by atoms with E-state index in [2.05, 4.69) is 10.1 Å². The van der Waals surface area contributed by atoms with Crippen molar-refractivity contribution in [3.8, 4) is 5.75 Å². The van der Waals surface area contributed by atoms with Crippen molar-refractivity contribution in [3.05, 3.63) is 47.3 Å². The number of sulfone groups is 1. The Morgan fingerprint density at radius 1 is 1.29 bits per heavy atom. The summed E-state index contributed by atoms with van der Waals surface area (Å²) in [7, 11) is -1.30. The van der Waals surface area contributed by atoms with E-state index >= 15 is 0 Å². The fourth-order valence-corrected chi connectivity index (χ4v) is 4.81. The van der Waals surface area contributed by atoms with Crippen molar-refractivity contribution in [3.63, 3.8) is 0 Å². The van der Waals surface area contributed by atoms with E-state index < -0.39 is 9.84 Å². The Labute approximate surface area is 142 Å². The van der Waals surface area contributed by atoms with Gasteiger partial charge in [-0.1, -0.05) is 17.3 Å². The number of aromatic nitrogens is 1. The van der Waals surface area contributed by atoms with Crippen LogP contribution in [0.4, 0.5) is 0 Å². The molecule has 1 aliphatic rings. The van der Waals surface area contributed by atoms with E-state index in [0.717, 1.165) is 22.8 Å². The van der Waals surface area contributed by atoms with Gasteiger partial charge in [0.25, 0.3) is 0 Å². The smallest absolute Gasteiger partial charge is 0.151 e. The van der Waals surface area contributed by atoms with Crippen LogP contribution in [-0.2, 0) is 22.9 Å². The quantitative estimate of drug-likeness (QED) is 0.795. The zero-order valence-corrected chi connectivity index (χ0v) is 14.8. The van der Waals surface area contributed by atoms with E-state index in [1.54, 1.807) is 7.11 Å². The summed E-state index contributed by atoms with van der Waals surface area (Å²) in [6.07, 6.45) is 0.662. The summed E-state index contributed by atoms with van der Waals surface area (Å²) >= 11 is 0. The molecule has 24 heavy (non-hydrogen) atoms. The van der Waals surface area contributed by atoms with Crippen LogP contribution in [0, 0.1) is 6.92 Å². The third-order valence-electron chi connectivity index (χ3n) is 4.31. The van der Waals surface area contributed by atoms with Crippen molar-refractivity contribution < 1.29 is 17.7 Å². The Bertz CT molecular complexity index is 783. The molecule has 0 aliphatic carbocycles. The molecule has 1 aromatic heterocycles. The number of hydrogen-bond donors (Lipinski definition) is 0. The highest BCUT2D eigenvalue weighted by molar-refractivity contribution is 7.91. The van der Waals surface area contributed by atoms with E-state index in [1.165, 1.54) is 0 Å². The minimum atomic E-state index is -2.94. The molecule has 1 aromatic carbocycles. The molecule has 0 saturated carbocycles. The molecule has 0 radical (unpaired) electrons. The molecule has 1 atom stereocenters. The van der Waals surface area contributed by atoms with Gasteiger partial charge in [-0.25, -0.2) is 8.42 Å². The first-order valence-electron chi connectivity index (χ1n) is 7.95. The summed E-state index contributed by atoms with van der Waals surface area (Å²) in [4.78, 5) is 2.17. The zero-order valence-electron chi connectivity index (χ0n) is 13.9. The number of nitrogens with zero attached hydrogens (tertiary/aromatic N) is 2. The molecule has 1 saturated heterocycles. The second-order valence-electron chi connectivity index (χ2n) is 6.24. The predicted molar refractivity (Wildman–Crippen MR) is 90.5 cm³/mol. The van der Waals surface area contributed by atoms with Crippen molar-refractivity contribution in [2.45, 2.75) is 32.5 Å². The third-order valence-corrected chi connectivity index (χ3v) is 6.06. The summed E-state index contributed by atoms with van der Waals surface area (Å²) < 4.78 is 34.0. The lowest BCUT2D eigenvalue weighted by molar-refractivity contribution is 0.188. The lowest BCUT2D eigenvalue weighted by atomic mass is 10.1. The molecule has 0 N–H and O–H groups in total. The number of hydrogen-bond acceptors (Lipinski definition) is 6. The molecule has 1 fully saturated rings. The zero-order chi connectivity index (χ0) is 17.2. The average Bonchev–Trinajstić information content (AvgIpc) is 3.12. The summed E-state index contributed by atoms with van der Waals surface area (Å²) in [5.74, 6) is 2.03. The van der Waals surface area contributed by atoms with Crippen molar-refractivity contribution in [2.24, 2.45) is 0 Å². The molecular formula is C17H22N2O4S. The van der Waals surface area contributed by atoms with Gasteiger partial charge in [-0.2, -0.15) is 0 Å². The van der Waals surface area contributed by atoms with E-state index in [-0.39, 0.29) is 17.5 Å². The number of methoxy groups -OCH3 is 1. The Balaban J connectivity index is 1.78. The number of aryl methyl sites for hydroxylation is 1. The topological polar surface area (TPSA) is 72.6 Å². The summed E-state index contributed by atoms with van der Waals surface area (Å²) in [5.41, 5.74) is 1.94. The van der Waals surface area contributed by atoms with Gasteiger partial charge in [-0.15, -0.1) is 0 Å². The lowest BCUT2D eigenvalue weighted by Gasteiger charge is -2.27. The maximum Gasteiger partial charge on any atom is 0.151 e. The molecule has 6 nitrogen and oxygen atoms in total. The van der Waals surface area contributed by atoms with Gasteiger partial charge in [0.1, 0.15) is 11.5 Å². The SMILES string of the molecule is COc1ccc(CN(Cc2cc(C)on2)[C@H]2CCS(=O)(=O)C2)cc1. The van der Waals surface area contributed by atoms with Crippen molar-refractivity contribution in [1.82, 2.24) is 10.1 Å². The highest BCUT2D eigenvalue weighted by Crippen LogP contribution is 2.23. The summed E-state index contributed by atoms with van der Waals surface area (Å²) in [6, 6.07) is 9.74. The largest absolute Gasteiger partial charge is 0.497 e. The van der Waals surface area contributed by atoms with Gasteiger partial charge in [-0.05, 0) is 31.0 Å². The van der Waals surface area contributed by atoms with E-state index in [1.807, 2.05) is 37.3 Å². The van der Waals surface area contributed by atoms with Crippen LogP contribution in [0.15, 0.2) is 34.9 Å². The molecule has 0 amide bonds. The molecule has 0 bridgehead atoms. The van der Waals surface area contributed by atoms with Crippen LogP contribution in [0.2, 0.25) is 0 Å². The Morgan fingerprint density at radius 3 is 2.58 bits per heavy atom. The average molecular weight is 350 g/mol. The normalized spacial score (nSPS) is 19.7. The Kier molecular flexibility index (Phi) is 4.91. The first-order valence-corrected chi connectivity index (χ1v) is 9.77. The van der Waals surface area contributed by atoms with Gasteiger partial charge >= 0.3 is 0 Å². The maximum absolute atomic E-state index is 11.9. The van der Waals surface area contributed by atoms with Gasteiger partial charge in [0, 0.05) is 25.2 Å². The van der Waals surface area contributed by atoms with Crippen LogP contribution in [-0.4, -0.2) is 43.1 Å². The minimum Gasteiger partial charge on any atom is -0.497 e. The summed E-state index contributed by atoms with van der Waals surface area (Å²) in [5, 5.41) is 4.05. The summed E-state index contributed by atoms with van der Waals surface area (Å²) in [6.45, 7) is 3.09. The first-order chi connectivity index (χ1) is 11.4. The maximum atomic E-state index is 11.9. The van der Waals surface area contributed by atoms with Crippen molar-refractivity contribution in [2.75, 3.05) is 18.6 Å². The van der Waals surface area contributed by atoms with E-state index in [0.29, 0.717) is 19.5 Å². The monoisotopic (exact) mass is 350 g/mol. The Hall–Kier alpha value is -1.86. The second kappa shape index (κ2) is 6.94. The number of benzene rings is 1. The van der Waals surface area contributed by atoms with Crippen LogP contribution in [0.3, 0.4) is 0 Å². The predicted octanol–water partition coefficient (Wildman–Crippen LogP) is 2.18. The molecule has 1 aliphatic heterocycles. The molecular weight excluding hydrogens is 328 g/mol. The highest BCUT2D eigenvalue weighted by atomic mass is 32.2. The van der Waals surface area contributed by atoms with Gasteiger partial charge in [0.2, 0.25) is 0 Å². The standard InChI is InChI=1S/C17H22N2O4S/c1-13-9-15(18-23-13)11-19(16-7-8-24(20,21)12-16)10-14-3-5-17(22-2)6-4-14/h3-6,9,16H,7-8,10-12H2,1-2H3/t16-/m0/s1. The van der Waals surface area contributed by atoms with E-state index in [4.69, 9.17) is 9.26 Å². The van der Waals surface area contributed by atoms with Gasteiger partial charge in [-0.3, -0.25) is 4.90 Å². The van der Waals surface area contributed by atoms with Crippen LogP contribution < -0.4 is 4.74 Å². The van der Waals surface area contributed by atoms with Gasteiger partial charge in [0.05, 0.1) is 24.3 Å². The van der Waals surface area contributed by atoms with Gasteiger partial charge < -0.3 is 9.26 Å².